The third-order valence-electron chi connectivity index (χ3n) is 3.82. The number of nitrogens with zero attached hydrogens (tertiary/aromatic N) is 1. The molecule has 2 aromatic heterocycles. The first-order valence-electron chi connectivity index (χ1n) is 6.96. The summed E-state index contributed by atoms with van der Waals surface area (Å²) >= 11 is 0. The lowest BCUT2D eigenvalue weighted by atomic mass is 9.80. The van der Waals surface area contributed by atoms with E-state index in [9.17, 15) is 10.0 Å². The molecule has 0 fully saturated rings. The van der Waals surface area contributed by atoms with Crippen molar-refractivity contribution in [2.45, 2.75) is 0 Å². The number of rotatable bonds is 2. The highest BCUT2D eigenvalue weighted by Crippen LogP contribution is 2.34. The molecule has 0 amide bonds. The first-order chi connectivity index (χ1) is 10.7. The molecule has 0 unspecified atom stereocenters. The van der Waals surface area contributed by atoms with Gasteiger partial charge in [0.05, 0.1) is 0 Å². The lowest BCUT2D eigenvalue weighted by Crippen LogP contribution is -2.29. The summed E-state index contributed by atoms with van der Waals surface area (Å²) in [5, 5.41) is 20.4. The van der Waals surface area contributed by atoms with Crippen LogP contribution in [0.2, 0.25) is 0 Å². The fourth-order valence-corrected chi connectivity index (χ4v) is 2.70. The minimum Gasteiger partial charge on any atom is -0.455 e. The van der Waals surface area contributed by atoms with Crippen molar-refractivity contribution in [1.82, 2.24) is 4.98 Å². The summed E-state index contributed by atoms with van der Waals surface area (Å²) in [6.45, 7) is 0. The number of para-hydroxylation sites is 1. The van der Waals surface area contributed by atoms with Crippen LogP contribution >= 0.6 is 0 Å². The molecule has 0 spiro atoms. The van der Waals surface area contributed by atoms with Crippen LogP contribution in [0.5, 0.6) is 0 Å². The first-order valence-corrected chi connectivity index (χ1v) is 6.96. The summed E-state index contributed by atoms with van der Waals surface area (Å²) in [7, 11) is -1.46. The van der Waals surface area contributed by atoms with Crippen LogP contribution in [0.3, 0.4) is 0 Å². The van der Waals surface area contributed by atoms with Crippen LogP contribution in [-0.2, 0) is 0 Å². The maximum Gasteiger partial charge on any atom is 0.488 e. The molecule has 0 aliphatic rings. The van der Waals surface area contributed by atoms with E-state index in [0.29, 0.717) is 5.46 Å². The third kappa shape index (κ3) is 1.99. The molecule has 4 nitrogen and oxygen atoms in total. The molecule has 0 aliphatic carbocycles. The Hall–Kier alpha value is -2.63. The van der Waals surface area contributed by atoms with Crippen molar-refractivity contribution in [1.29, 1.82) is 0 Å². The molecule has 22 heavy (non-hydrogen) atoms. The monoisotopic (exact) mass is 289 g/mol. The van der Waals surface area contributed by atoms with Crippen LogP contribution in [0, 0.1) is 0 Å². The molecule has 2 aromatic carbocycles. The Morgan fingerprint density at radius 3 is 2.50 bits per heavy atom. The number of pyridine rings is 1. The smallest absolute Gasteiger partial charge is 0.455 e. The van der Waals surface area contributed by atoms with Gasteiger partial charge in [-0.25, -0.2) is 0 Å². The first kappa shape index (κ1) is 13.1. The summed E-state index contributed by atoms with van der Waals surface area (Å²) in [4.78, 5) is 4.15. The van der Waals surface area contributed by atoms with Crippen molar-refractivity contribution in [3.63, 3.8) is 0 Å². The van der Waals surface area contributed by atoms with Crippen LogP contribution < -0.4 is 5.46 Å². The van der Waals surface area contributed by atoms with E-state index in [-0.39, 0.29) is 0 Å². The number of fused-ring (bicyclic) bond motifs is 3. The lowest BCUT2D eigenvalue weighted by molar-refractivity contribution is 0.426. The summed E-state index contributed by atoms with van der Waals surface area (Å²) in [6.07, 6.45) is 3.51. The maximum absolute atomic E-state index is 9.18. The number of benzene rings is 2. The molecule has 2 N–H and O–H groups in total. The second-order valence-corrected chi connectivity index (χ2v) is 5.15. The van der Waals surface area contributed by atoms with E-state index in [1.807, 2.05) is 36.4 Å². The quantitative estimate of drug-likeness (QED) is 0.556. The zero-order valence-electron chi connectivity index (χ0n) is 11.6. The van der Waals surface area contributed by atoms with E-state index >= 15 is 0 Å². The topological polar surface area (TPSA) is 66.5 Å². The summed E-state index contributed by atoms with van der Waals surface area (Å²) < 4.78 is 5.98. The van der Waals surface area contributed by atoms with Gasteiger partial charge in [0, 0.05) is 28.7 Å². The van der Waals surface area contributed by atoms with Gasteiger partial charge in [0.25, 0.3) is 0 Å². The predicted molar refractivity (Wildman–Crippen MR) is 86.8 cm³/mol. The maximum atomic E-state index is 9.18. The Bertz CT molecular complexity index is 961. The highest BCUT2D eigenvalue weighted by atomic mass is 16.4. The largest absolute Gasteiger partial charge is 0.488 e. The van der Waals surface area contributed by atoms with E-state index in [2.05, 4.69) is 4.98 Å². The molecule has 106 valence electrons. The van der Waals surface area contributed by atoms with Crippen molar-refractivity contribution in [2.24, 2.45) is 0 Å². The van der Waals surface area contributed by atoms with Gasteiger partial charge in [0.2, 0.25) is 0 Å². The van der Waals surface area contributed by atoms with Gasteiger partial charge in [-0.05, 0) is 17.1 Å². The van der Waals surface area contributed by atoms with Crippen molar-refractivity contribution in [3.05, 3.63) is 60.9 Å². The minimum absolute atomic E-state index is 0.463. The van der Waals surface area contributed by atoms with Gasteiger partial charge in [0.15, 0.2) is 0 Å². The average molecular weight is 289 g/mol. The second kappa shape index (κ2) is 4.98. The fourth-order valence-electron chi connectivity index (χ4n) is 2.70. The number of furan rings is 1. The van der Waals surface area contributed by atoms with Crippen molar-refractivity contribution < 1.29 is 14.5 Å². The summed E-state index contributed by atoms with van der Waals surface area (Å²) in [5.74, 6) is 0. The molecule has 0 aliphatic heterocycles. The Balaban J connectivity index is 1.94. The molecule has 5 heteroatoms. The predicted octanol–water partition coefficient (Wildman–Crippen LogP) is 2.33. The minimum atomic E-state index is -1.46. The van der Waals surface area contributed by atoms with E-state index in [1.165, 1.54) is 0 Å². The average Bonchev–Trinajstić information content (AvgIpc) is 2.93. The lowest BCUT2D eigenvalue weighted by Gasteiger charge is -2.04. The number of hydrogen-bond donors (Lipinski definition) is 2. The Labute approximate surface area is 126 Å². The van der Waals surface area contributed by atoms with E-state index < -0.39 is 7.12 Å². The van der Waals surface area contributed by atoms with Crippen LogP contribution in [-0.4, -0.2) is 22.2 Å². The zero-order valence-corrected chi connectivity index (χ0v) is 11.6. The molecule has 0 saturated carbocycles. The molecule has 0 saturated heterocycles. The highest BCUT2D eigenvalue weighted by molar-refractivity contribution is 6.58. The van der Waals surface area contributed by atoms with Crippen LogP contribution in [0.1, 0.15) is 0 Å². The molecule has 0 radical (unpaired) electrons. The Morgan fingerprint density at radius 1 is 0.909 bits per heavy atom. The van der Waals surface area contributed by atoms with Crippen LogP contribution in [0.15, 0.2) is 65.3 Å². The van der Waals surface area contributed by atoms with E-state index in [4.69, 9.17) is 4.42 Å². The summed E-state index contributed by atoms with van der Waals surface area (Å²) in [6, 6.07) is 14.9. The van der Waals surface area contributed by atoms with Gasteiger partial charge in [-0.2, -0.15) is 0 Å². The zero-order chi connectivity index (χ0) is 15.1. The molecule has 4 aromatic rings. The van der Waals surface area contributed by atoms with E-state index in [0.717, 1.165) is 33.1 Å². The fraction of sp³-hybridized carbons (Fsp3) is 0. The van der Waals surface area contributed by atoms with Crippen molar-refractivity contribution in [3.8, 4) is 11.1 Å². The van der Waals surface area contributed by atoms with Gasteiger partial charge in [-0.15, -0.1) is 0 Å². The SMILES string of the molecule is OB(O)c1ccc(-c2cccc3c2oc2ccncc23)cc1. The van der Waals surface area contributed by atoms with Crippen LogP contribution in [0.25, 0.3) is 33.1 Å². The van der Waals surface area contributed by atoms with Crippen LogP contribution in [0.4, 0.5) is 0 Å². The molecule has 0 atom stereocenters. The van der Waals surface area contributed by atoms with Gasteiger partial charge in [-0.1, -0.05) is 42.5 Å². The Kier molecular flexibility index (Phi) is 2.96. The molecular formula is C17H12BNO3. The number of hydrogen-bond acceptors (Lipinski definition) is 4. The molecular weight excluding hydrogens is 277 g/mol. The van der Waals surface area contributed by atoms with Gasteiger partial charge in [0.1, 0.15) is 11.2 Å². The standard InChI is InChI=1S/C17H12BNO3/c20-18(21)12-6-4-11(5-7-12)13-2-1-3-14-15-10-19-9-8-16(15)22-17(13)14/h1-10,20-21H. The van der Waals surface area contributed by atoms with Crippen molar-refractivity contribution >= 4 is 34.5 Å². The molecule has 4 rings (SSSR count). The summed E-state index contributed by atoms with van der Waals surface area (Å²) in [5.41, 5.74) is 4.00. The van der Waals surface area contributed by atoms with Crippen molar-refractivity contribution in [2.75, 3.05) is 0 Å². The van der Waals surface area contributed by atoms with Gasteiger partial charge >= 0.3 is 7.12 Å². The van der Waals surface area contributed by atoms with Gasteiger partial charge < -0.3 is 14.5 Å². The normalized spacial score (nSPS) is 11.2. The molecule has 0 bridgehead atoms. The molecule has 2 heterocycles. The number of aromatic nitrogens is 1. The van der Waals surface area contributed by atoms with E-state index in [1.54, 1.807) is 24.5 Å². The Morgan fingerprint density at radius 2 is 1.73 bits per heavy atom. The second-order valence-electron chi connectivity index (χ2n) is 5.15. The van der Waals surface area contributed by atoms with Gasteiger partial charge in [-0.3, -0.25) is 4.98 Å². The third-order valence-corrected chi connectivity index (χ3v) is 3.82. The highest BCUT2D eigenvalue weighted by Gasteiger charge is 2.14.